The molecule has 142 valence electrons. The Morgan fingerprint density at radius 1 is 1.19 bits per heavy atom. The van der Waals surface area contributed by atoms with Crippen LogP contribution in [-0.2, 0) is 23.0 Å². The number of halogens is 1. The second-order valence-electron chi connectivity index (χ2n) is 6.81. The smallest absolute Gasteiger partial charge is 0.246 e. The van der Waals surface area contributed by atoms with Gasteiger partial charge in [-0.25, -0.2) is 12.8 Å². The molecule has 0 saturated carbocycles. The van der Waals surface area contributed by atoms with Gasteiger partial charge in [0, 0.05) is 32.6 Å². The zero-order valence-corrected chi connectivity index (χ0v) is 15.7. The van der Waals surface area contributed by atoms with Gasteiger partial charge in [0.2, 0.25) is 15.9 Å². The molecule has 1 aromatic heterocycles. The lowest BCUT2D eigenvalue weighted by Gasteiger charge is -2.33. The minimum absolute atomic E-state index is 0.274. The summed E-state index contributed by atoms with van der Waals surface area (Å²) in [6.45, 7) is 6.30. The van der Waals surface area contributed by atoms with Gasteiger partial charge in [-0.3, -0.25) is 4.90 Å². The first-order valence-electron chi connectivity index (χ1n) is 8.65. The van der Waals surface area contributed by atoms with Gasteiger partial charge in [0.1, 0.15) is 10.7 Å². The average Bonchev–Trinajstić information content (AvgIpc) is 3.01. The Bertz CT molecular complexity index is 845. The van der Waals surface area contributed by atoms with Crippen molar-refractivity contribution in [1.29, 1.82) is 0 Å². The van der Waals surface area contributed by atoms with E-state index in [9.17, 15) is 12.8 Å². The fourth-order valence-electron chi connectivity index (χ4n) is 2.91. The summed E-state index contributed by atoms with van der Waals surface area (Å²) in [6, 6.07) is 5.46. The van der Waals surface area contributed by atoms with E-state index in [0.717, 1.165) is 12.5 Å². The Morgan fingerprint density at radius 3 is 2.54 bits per heavy atom. The summed E-state index contributed by atoms with van der Waals surface area (Å²) in [6.07, 6.45) is 0.762. The number of hydrogen-bond donors (Lipinski definition) is 0. The molecule has 26 heavy (non-hydrogen) atoms. The number of aromatic nitrogens is 2. The lowest BCUT2D eigenvalue weighted by Crippen LogP contribution is -2.48. The first kappa shape index (κ1) is 18.9. The van der Waals surface area contributed by atoms with E-state index in [-0.39, 0.29) is 4.90 Å². The van der Waals surface area contributed by atoms with E-state index in [1.54, 1.807) is 0 Å². The number of piperazine rings is 1. The van der Waals surface area contributed by atoms with Crippen LogP contribution in [-0.4, -0.2) is 53.9 Å². The molecule has 3 rings (SSSR count). The molecule has 1 aliphatic rings. The third kappa shape index (κ3) is 4.28. The fourth-order valence-corrected chi connectivity index (χ4v) is 4.40. The number of hydrogen-bond acceptors (Lipinski definition) is 6. The lowest BCUT2D eigenvalue weighted by molar-refractivity contribution is 0.163. The van der Waals surface area contributed by atoms with Crippen molar-refractivity contribution in [2.24, 2.45) is 5.92 Å². The highest BCUT2D eigenvalue weighted by atomic mass is 32.2. The molecule has 9 heteroatoms. The van der Waals surface area contributed by atoms with E-state index in [4.69, 9.17) is 4.52 Å². The van der Waals surface area contributed by atoms with Crippen LogP contribution in [0.25, 0.3) is 0 Å². The maximum absolute atomic E-state index is 13.9. The number of rotatable bonds is 6. The van der Waals surface area contributed by atoms with Crippen molar-refractivity contribution in [3.05, 3.63) is 41.8 Å². The van der Waals surface area contributed by atoms with Gasteiger partial charge in [0.05, 0.1) is 6.54 Å². The van der Waals surface area contributed by atoms with Gasteiger partial charge in [0.15, 0.2) is 5.82 Å². The third-order valence-electron chi connectivity index (χ3n) is 4.25. The van der Waals surface area contributed by atoms with Gasteiger partial charge in [-0.05, 0) is 18.1 Å². The molecular formula is C17H23FN4O3S. The van der Waals surface area contributed by atoms with E-state index in [0.29, 0.717) is 50.4 Å². The van der Waals surface area contributed by atoms with Crippen LogP contribution in [0.1, 0.15) is 25.6 Å². The summed E-state index contributed by atoms with van der Waals surface area (Å²) in [5, 5.41) is 3.96. The maximum atomic E-state index is 13.9. The largest absolute Gasteiger partial charge is 0.338 e. The summed E-state index contributed by atoms with van der Waals surface area (Å²) in [5.41, 5.74) is 0. The van der Waals surface area contributed by atoms with Crippen LogP contribution in [0.3, 0.4) is 0 Å². The Labute approximate surface area is 152 Å². The Kier molecular flexibility index (Phi) is 5.69. The number of nitrogens with zero attached hydrogens (tertiary/aromatic N) is 4. The number of sulfonamides is 1. The lowest BCUT2D eigenvalue weighted by atomic mass is 10.1. The monoisotopic (exact) mass is 382 g/mol. The topological polar surface area (TPSA) is 79.5 Å². The van der Waals surface area contributed by atoms with Gasteiger partial charge < -0.3 is 4.52 Å². The predicted molar refractivity (Wildman–Crippen MR) is 93.3 cm³/mol. The zero-order chi connectivity index (χ0) is 18.7. The molecular weight excluding hydrogens is 359 g/mol. The first-order chi connectivity index (χ1) is 12.4. The highest BCUT2D eigenvalue weighted by Crippen LogP contribution is 2.20. The normalized spacial score (nSPS) is 17.1. The highest BCUT2D eigenvalue weighted by molar-refractivity contribution is 7.89. The zero-order valence-electron chi connectivity index (χ0n) is 14.9. The van der Waals surface area contributed by atoms with Crippen molar-refractivity contribution >= 4 is 10.0 Å². The van der Waals surface area contributed by atoms with Gasteiger partial charge in [-0.1, -0.05) is 31.1 Å². The first-order valence-corrected chi connectivity index (χ1v) is 10.1. The summed E-state index contributed by atoms with van der Waals surface area (Å²) in [5.74, 6) is 0.952. The second kappa shape index (κ2) is 7.81. The molecule has 7 nitrogen and oxygen atoms in total. The minimum Gasteiger partial charge on any atom is -0.338 e. The molecule has 2 aromatic rings. The van der Waals surface area contributed by atoms with Crippen LogP contribution >= 0.6 is 0 Å². The van der Waals surface area contributed by atoms with Gasteiger partial charge in [-0.2, -0.15) is 9.29 Å². The standard InChI is InChI=1S/C17H23FN4O3S/c1-13(2)11-16-19-17(25-20-16)12-21-7-9-22(10-8-21)26(23,24)15-6-4-3-5-14(15)18/h3-6,13H,7-12H2,1-2H3. The van der Waals surface area contributed by atoms with Gasteiger partial charge in [0.25, 0.3) is 0 Å². The van der Waals surface area contributed by atoms with Crippen LogP contribution in [0.15, 0.2) is 33.7 Å². The van der Waals surface area contributed by atoms with Crippen LogP contribution < -0.4 is 0 Å². The van der Waals surface area contributed by atoms with Crippen LogP contribution in [0.5, 0.6) is 0 Å². The van der Waals surface area contributed by atoms with Crippen molar-refractivity contribution in [3.8, 4) is 0 Å². The molecule has 0 N–H and O–H groups in total. The molecule has 0 atom stereocenters. The van der Waals surface area contributed by atoms with E-state index in [2.05, 4.69) is 28.9 Å². The molecule has 2 heterocycles. The van der Waals surface area contributed by atoms with E-state index in [1.807, 2.05) is 0 Å². The molecule has 0 aliphatic carbocycles. The quantitative estimate of drug-likeness (QED) is 0.759. The van der Waals surface area contributed by atoms with Crippen LogP contribution in [0.4, 0.5) is 4.39 Å². The Morgan fingerprint density at radius 2 is 1.88 bits per heavy atom. The molecule has 0 unspecified atom stereocenters. The molecule has 0 bridgehead atoms. The summed E-state index contributed by atoms with van der Waals surface area (Å²) in [4.78, 5) is 6.15. The molecule has 0 spiro atoms. The molecule has 1 aliphatic heterocycles. The second-order valence-corrected chi connectivity index (χ2v) is 8.72. The summed E-state index contributed by atoms with van der Waals surface area (Å²) >= 11 is 0. The summed E-state index contributed by atoms with van der Waals surface area (Å²) in [7, 11) is -3.82. The molecule has 1 fully saturated rings. The molecule has 1 saturated heterocycles. The Balaban J connectivity index is 1.59. The average molecular weight is 382 g/mol. The van der Waals surface area contributed by atoms with Crippen LogP contribution in [0, 0.1) is 11.7 Å². The van der Waals surface area contributed by atoms with Crippen molar-refractivity contribution < 1.29 is 17.3 Å². The Hall–Kier alpha value is -1.84. The molecule has 0 radical (unpaired) electrons. The fraction of sp³-hybridized carbons (Fsp3) is 0.529. The maximum Gasteiger partial charge on any atom is 0.246 e. The van der Waals surface area contributed by atoms with Crippen LogP contribution in [0.2, 0.25) is 0 Å². The molecule has 1 aromatic carbocycles. The predicted octanol–water partition coefficient (Wildman–Crippen LogP) is 1.91. The SMILES string of the molecule is CC(C)Cc1noc(CN2CCN(S(=O)(=O)c3ccccc3F)CC2)n1. The van der Waals surface area contributed by atoms with Crippen molar-refractivity contribution in [3.63, 3.8) is 0 Å². The number of benzene rings is 1. The minimum atomic E-state index is -3.82. The van der Waals surface area contributed by atoms with Gasteiger partial charge >= 0.3 is 0 Å². The highest BCUT2D eigenvalue weighted by Gasteiger charge is 2.30. The van der Waals surface area contributed by atoms with Crippen molar-refractivity contribution in [2.75, 3.05) is 26.2 Å². The van der Waals surface area contributed by atoms with E-state index in [1.165, 1.54) is 22.5 Å². The van der Waals surface area contributed by atoms with E-state index >= 15 is 0 Å². The third-order valence-corrected chi connectivity index (χ3v) is 6.18. The summed E-state index contributed by atoms with van der Waals surface area (Å²) < 4.78 is 45.6. The molecule has 0 amide bonds. The van der Waals surface area contributed by atoms with Gasteiger partial charge in [-0.15, -0.1) is 0 Å². The van der Waals surface area contributed by atoms with Crippen molar-refractivity contribution in [2.45, 2.75) is 31.7 Å². The van der Waals surface area contributed by atoms with E-state index < -0.39 is 15.8 Å². The van der Waals surface area contributed by atoms with Crippen molar-refractivity contribution in [1.82, 2.24) is 19.3 Å².